The topological polar surface area (TPSA) is 76.0 Å². The molecule has 0 amide bonds. The van der Waals surface area contributed by atoms with Crippen molar-refractivity contribution in [1.82, 2.24) is 0 Å². The molecule has 0 aromatic heterocycles. The third kappa shape index (κ3) is 8.07. The van der Waals surface area contributed by atoms with Crippen LogP contribution in [0.15, 0.2) is 72.8 Å². The van der Waals surface area contributed by atoms with Gasteiger partial charge >= 0.3 is 7.82 Å². The minimum Gasteiger partial charge on any atom is -0.393 e. The predicted octanol–water partition coefficient (Wildman–Crippen LogP) is 7.50. The number of hydrogen-bond donors (Lipinski definition) is 2. The second kappa shape index (κ2) is 13.9. The zero-order chi connectivity index (χ0) is 29.5. The van der Waals surface area contributed by atoms with Gasteiger partial charge in [0, 0.05) is 11.3 Å². The maximum Gasteiger partial charge on any atom is 0.472 e. The third-order valence-corrected chi connectivity index (χ3v) is 9.83. The summed E-state index contributed by atoms with van der Waals surface area (Å²) in [4.78, 5) is 9.89. The van der Waals surface area contributed by atoms with E-state index in [0.29, 0.717) is 11.0 Å². The number of fused-ring (bicyclic) bond motifs is 1. The van der Waals surface area contributed by atoms with Crippen LogP contribution in [-0.4, -0.2) is 61.5 Å². The van der Waals surface area contributed by atoms with Crippen molar-refractivity contribution in [2.75, 3.05) is 40.9 Å². The molecule has 1 saturated carbocycles. The van der Waals surface area contributed by atoms with Gasteiger partial charge in [0.1, 0.15) is 13.2 Å². The molecule has 0 bridgehead atoms. The van der Waals surface area contributed by atoms with Gasteiger partial charge in [-0.1, -0.05) is 92.1 Å². The predicted molar refractivity (Wildman–Crippen MR) is 167 cm³/mol. The van der Waals surface area contributed by atoms with Gasteiger partial charge < -0.3 is 14.5 Å². The molecular weight excluding hydrogens is 533 g/mol. The first-order chi connectivity index (χ1) is 19.5. The number of nitrogens with zero attached hydrogens (tertiary/aromatic N) is 1. The number of hydrogen-bond acceptors (Lipinski definition) is 4. The summed E-state index contributed by atoms with van der Waals surface area (Å²) < 4.78 is 23.0. The Bertz CT molecular complexity index is 1220. The summed E-state index contributed by atoms with van der Waals surface area (Å²) in [5.41, 5.74) is 6.18. The molecule has 0 radical (unpaired) electrons. The maximum atomic E-state index is 12.1. The molecule has 0 saturated heterocycles. The van der Waals surface area contributed by atoms with Crippen LogP contribution in [0.2, 0.25) is 0 Å². The van der Waals surface area contributed by atoms with Gasteiger partial charge in [0.25, 0.3) is 0 Å². The number of phosphoric acid groups is 1. The Labute approximate surface area is 246 Å². The van der Waals surface area contributed by atoms with E-state index in [1.165, 1.54) is 16.7 Å². The minimum atomic E-state index is -3.99. The smallest absolute Gasteiger partial charge is 0.393 e. The van der Waals surface area contributed by atoms with Crippen LogP contribution in [0.3, 0.4) is 0 Å². The number of quaternary nitrogens is 1. The Balaban J connectivity index is 1.34. The first kappa shape index (κ1) is 31.9. The summed E-state index contributed by atoms with van der Waals surface area (Å²) in [5, 5.41) is 11.1. The van der Waals surface area contributed by atoms with Crippen molar-refractivity contribution in [3.05, 3.63) is 83.9 Å². The summed E-state index contributed by atoms with van der Waals surface area (Å²) in [6.07, 6.45) is 8.24. The number of aliphatic hydroxyl groups is 1. The van der Waals surface area contributed by atoms with Crippen LogP contribution in [0.1, 0.15) is 68.9 Å². The normalized spacial score (nSPS) is 23.9. The van der Waals surface area contributed by atoms with Crippen LogP contribution < -0.4 is 0 Å². The molecule has 2 aromatic rings. The van der Waals surface area contributed by atoms with Crippen LogP contribution in [-0.2, 0) is 13.6 Å². The molecule has 1 fully saturated rings. The van der Waals surface area contributed by atoms with Crippen LogP contribution in [0.25, 0.3) is 11.1 Å². The number of allylic oxidation sites excluding steroid dienone is 3. The molecule has 0 heterocycles. The second-order valence-electron chi connectivity index (χ2n) is 12.7. The molecule has 0 spiro atoms. The van der Waals surface area contributed by atoms with Gasteiger partial charge in [-0.25, -0.2) is 4.57 Å². The van der Waals surface area contributed by atoms with E-state index in [9.17, 15) is 14.6 Å². The highest BCUT2D eigenvalue weighted by Gasteiger charge is 2.56. The molecule has 41 heavy (non-hydrogen) atoms. The number of likely N-dealkylation sites (N-methyl/N-ethyl adjacent to an activating group) is 1. The summed E-state index contributed by atoms with van der Waals surface area (Å²) >= 11 is 0. The van der Waals surface area contributed by atoms with Gasteiger partial charge in [0.05, 0.1) is 33.9 Å². The molecular formula is C34H49NO5P+. The average Bonchev–Trinajstić information content (AvgIpc) is 3.44. The first-order valence-electron chi connectivity index (χ1n) is 15.2. The fourth-order valence-corrected chi connectivity index (χ4v) is 7.47. The number of aliphatic hydroxyl groups excluding tert-OH is 1. The SMILES string of the molecule is C=C(c1ccccc1)[C@@]12CC[C@@H](O)[C@@H]1CC(CCCCCCCOP(=O)(O)OCC[N+](C)(C)C)=C2c1ccccc1. The summed E-state index contributed by atoms with van der Waals surface area (Å²) in [5.74, 6) is 0.163. The third-order valence-electron chi connectivity index (χ3n) is 8.81. The second-order valence-corrected chi connectivity index (χ2v) is 14.2. The number of rotatable bonds is 16. The quantitative estimate of drug-likeness (QED) is 0.122. The molecule has 4 atom stereocenters. The van der Waals surface area contributed by atoms with Crippen molar-refractivity contribution in [3.8, 4) is 0 Å². The first-order valence-corrected chi connectivity index (χ1v) is 16.7. The lowest BCUT2D eigenvalue weighted by molar-refractivity contribution is -0.870. The van der Waals surface area contributed by atoms with E-state index in [2.05, 4.69) is 61.2 Å². The fraction of sp³-hybridized carbons (Fsp3) is 0.529. The van der Waals surface area contributed by atoms with E-state index in [1.807, 2.05) is 27.2 Å². The number of unbranched alkanes of at least 4 members (excludes halogenated alkanes) is 4. The monoisotopic (exact) mass is 582 g/mol. The molecule has 2 aliphatic carbocycles. The maximum absolute atomic E-state index is 12.1. The molecule has 6 nitrogen and oxygen atoms in total. The van der Waals surface area contributed by atoms with Crippen LogP contribution in [0, 0.1) is 11.3 Å². The van der Waals surface area contributed by atoms with Crippen molar-refractivity contribution in [2.45, 2.75) is 63.9 Å². The standard InChI is InChI=1S/C34H48NO5P/c1-27(28-16-11-8-12-17-28)34-22-21-32(36)31(34)26-30(33(34)29-18-13-9-14-19-29)20-10-6-5-7-15-24-39-41(37,38)40-25-23-35(2,3)4/h8-9,11-14,16-19,31-32,36H,1,5-7,10,15,20-26H2,2-4H3/p+1/t31-,32+,34-/m0/s1. The summed E-state index contributed by atoms with van der Waals surface area (Å²) in [6, 6.07) is 21.2. The molecule has 2 aromatic carbocycles. The lowest BCUT2D eigenvalue weighted by atomic mass is 9.66. The van der Waals surface area contributed by atoms with Crippen LogP contribution in [0.4, 0.5) is 0 Å². The highest BCUT2D eigenvalue weighted by molar-refractivity contribution is 7.47. The van der Waals surface area contributed by atoms with Gasteiger partial charge in [0.2, 0.25) is 0 Å². The van der Waals surface area contributed by atoms with Gasteiger partial charge in [0.15, 0.2) is 0 Å². The van der Waals surface area contributed by atoms with Gasteiger partial charge in [-0.3, -0.25) is 9.05 Å². The molecule has 2 N–H and O–H groups in total. The van der Waals surface area contributed by atoms with Crippen molar-refractivity contribution in [3.63, 3.8) is 0 Å². The Morgan fingerprint density at radius 1 is 0.951 bits per heavy atom. The number of phosphoric ester groups is 1. The van der Waals surface area contributed by atoms with E-state index in [1.54, 1.807) is 0 Å². The van der Waals surface area contributed by atoms with Crippen molar-refractivity contribution < 1.29 is 28.1 Å². The summed E-state index contributed by atoms with van der Waals surface area (Å²) in [7, 11) is 2.03. The van der Waals surface area contributed by atoms with E-state index in [0.717, 1.165) is 68.9 Å². The average molecular weight is 583 g/mol. The summed E-state index contributed by atoms with van der Waals surface area (Å²) in [6.45, 7) is 5.72. The minimum absolute atomic E-state index is 0.163. The molecule has 0 aliphatic heterocycles. The zero-order valence-electron chi connectivity index (χ0n) is 25.1. The van der Waals surface area contributed by atoms with Gasteiger partial charge in [-0.2, -0.15) is 0 Å². The van der Waals surface area contributed by atoms with Crippen molar-refractivity contribution in [1.29, 1.82) is 0 Å². The molecule has 1 unspecified atom stereocenters. The van der Waals surface area contributed by atoms with Crippen molar-refractivity contribution >= 4 is 19.0 Å². The number of benzene rings is 2. The Hall–Kier alpha value is -2.05. The Morgan fingerprint density at radius 2 is 1.56 bits per heavy atom. The fourth-order valence-electron chi connectivity index (χ4n) is 6.73. The van der Waals surface area contributed by atoms with Gasteiger partial charge in [-0.15, -0.1) is 0 Å². The Morgan fingerprint density at radius 3 is 2.24 bits per heavy atom. The lowest BCUT2D eigenvalue weighted by Gasteiger charge is -2.37. The highest BCUT2D eigenvalue weighted by Crippen LogP contribution is 2.66. The zero-order valence-corrected chi connectivity index (χ0v) is 26.0. The van der Waals surface area contributed by atoms with E-state index >= 15 is 0 Å². The largest absolute Gasteiger partial charge is 0.472 e. The van der Waals surface area contributed by atoms with E-state index < -0.39 is 7.82 Å². The lowest BCUT2D eigenvalue weighted by Crippen LogP contribution is -2.37. The van der Waals surface area contributed by atoms with Gasteiger partial charge in [-0.05, 0) is 60.8 Å². The Kier molecular flexibility index (Phi) is 10.8. The highest BCUT2D eigenvalue weighted by atomic mass is 31.2. The van der Waals surface area contributed by atoms with Crippen LogP contribution >= 0.6 is 7.82 Å². The van der Waals surface area contributed by atoms with E-state index in [4.69, 9.17) is 9.05 Å². The molecule has 4 rings (SSSR count). The van der Waals surface area contributed by atoms with Crippen LogP contribution in [0.5, 0.6) is 0 Å². The van der Waals surface area contributed by atoms with Crippen molar-refractivity contribution in [2.24, 2.45) is 11.3 Å². The van der Waals surface area contributed by atoms with E-state index in [-0.39, 0.29) is 30.7 Å². The molecule has 224 valence electrons. The molecule has 2 aliphatic rings. The molecule has 7 heteroatoms.